The Morgan fingerprint density at radius 3 is 2.52 bits per heavy atom. The average molecular weight is 290 g/mol. The maximum Gasteiger partial charge on any atom is 0.306 e. The third-order valence-corrected chi connectivity index (χ3v) is 4.36. The summed E-state index contributed by atoms with van der Waals surface area (Å²) in [5, 5.41) is 15.7. The van der Waals surface area contributed by atoms with Crippen LogP contribution in [0.4, 0.5) is 11.6 Å². The average Bonchev–Trinajstić information content (AvgIpc) is 3.30. The molecule has 0 atom stereocenters. The van der Waals surface area contributed by atoms with Gasteiger partial charge in [0.2, 0.25) is 0 Å². The second kappa shape index (κ2) is 6.28. The fourth-order valence-corrected chi connectivity index (χ4v) is 2.80. The second-order valence-corrected chi connectivity index (χ2v) is 6.14. The molecule has 0 amide bonds. The summed E-state index contributed by atoms with van der Waals surface area (Å²) in [5.74, 6) is 1.65. The molecule has 1 heterocycles. The van der Waals surface area contributed by atoms with E-state index >= 15 is 0 Å². The van der Waals surface area contributed by atoms with Crippen molar-refractivity contribution >= 4 is 17.6 Å². The number of rotatable bonds is 6. The molecule has 2 aliphatic carbocycles. The topological polar surface area (TPSA) is 87.1 Å². The van der Waals surface area contributed by atoms with E-state index in [1.807, 2.05) is 6.07 Å². The summed E-state index contributed by atoms with van der Waals surface area (Å²) in [5.41, 5.74) is 0. The van der Waals surface area contributed by atoms with Gasteiger partial charge < -0.3 is 15.7 Å². The van der Waals surface area contributed by atoms with Crippen LogP contribution in [0.5, 0.6) is 0 Å². The molecule has 0 aliphatic heterocycles. The number of hydrogen-bond donors (Lipinski definition) is 3. The molecule has 2 saturated carbocycles. The molecule has 0 radical (unpaired) electrons. The quantitative estimate of drug-likeness (QED) is 0.745. The number of aromatic nitrogens is 2. The Balaban J connectivity index is 1.50. The van der Waals surface area contributed by atoms with Crippen LogP contribution in [0.2, 0.25) is 0 Å². The number of aliphatic carboxylic acids is 1. The van der Waals surface area contributed by atoms with Gasteiger partial charge in [0, 0.05) is 18.7 Å². The van der Waals surface area contributed by atoms with Crippen molar-refractivity contribution in [2.24, 2.45) is 11.8 Å². The van der Waals surface area contributed by atoms with Gasteiger partial charge in [0.05, 0.1) is 5.92 Å². The minimum atomic E-state index is -0.665. The van der Waals surface area contributed by atoms with Crippen molar-refractivity contribution in [1.29, 1.82) is 0 Å². The molecular formula is C15H22N4O2. The lowest BCUT2D eigenvalue weighted by molar-refractivity contribution is -0.142. The molecule has 0 aromatic carbocycles. The van der Waals surface area contributed by atoms with Crippen LogP contribution < -0.4 is 10.6 Å². The molecule has 0 spiro atoms. The van der Waals surface area contributed by atoms with Crippen molar-refractivity contribution in [3.63, 3.8) is 0 Å². The fourth-order valence-electron chi connectivity index (χ4n) is 2.80. The predicted molar refractivity (Wildman–Crippen MR) is 80.3 cm³/mol. The Bertz CT molecular complexity index is 496. The molecule has 6 nitrogen and oxygen atoms in total. The highest BCUT2D eigenvalue weighted by atomic mass is 16.4. The van der Waals surface area contributed by atoms with Gasteiger partial charge in [-0.1, -0.05) is 0 Å². The van der Waals surface area contributed by atoms with Crippen molar-refractivity contribution in [3.8, 4) is 0 Å². The highest BCUT2D eigenvalue weighted by Gasteiger charge is 2.26. The zero-order valence-corrected chi connectivity index (χ0v) is 12.1. The summed E-state index contributed by atoms with van der Waals surface area (Å²) in [4.78, 5) is 19.4. The highest BCUT2D eigenvalue weighted by molar-refractivity contribution is 5.70. The summed E-state index contributed by atoms with van der Waals surface area (Å²) < 4.78 is 0. The van der Waals surface area contributed by atoms with Crippen molar-refractivity contribution in [3.05, 3.63) is 12.4 Å². The first-order chi connectivity index (χ1) is 10.2. The molecule has 0 saturated heterocycles. The van der Waals surface area contributed by atoms with Gasteiger partial charge in [0.15, 0.2) is 0 Å². The van der Waals surface area contributed by atoms with Gasteiger partial charge in [0.25, 0.3) is 0 Å². The third-order valence-electron chi connectivity index (χ3n) is 4.36. The molecule has 3 rings (SSSR count). The SMILES string of the molecule is O=C(O)C1CCC(Nc2cc(NCC3CC3)ncn2)CC1. The molecule has 0 bridgehead atoms. The van der Waals surface area contributed by atoms with Crippen molar-refractivity contribution in [1.82, 2.24) is 9.97 Å². The molecule has 1 aromatic rings. The second-order valence-electron chi connectivity index (χ2n) is 6.14. The predicted octanol–water partition coefficient (Wildman–Crippen LogP) is 2.35. The zero-order chi connectivity index (χ0) is 14.7. The van der Waals surface area contributed by atoms with E-state index in [9.17, 15) is 4.79 Å². The van der Waals surface area contributed by atoms with Gasteiger partial charge in [-0.25, -0.2) is 9.97 Å². The Hall–Kier alpha value is -1.85. The Morgan fingerprint density at radius 1 is 1.14 bits per heavy atom. The monoisotopic (exact) mass is 290 g/mol. The normalized spacial score (nSPS) is 25.3. The standard InChI is InChI=1S/C15H22N4O2/c20-15(21)11-3-5-12(6-4-11)19-14-7-13(17-9-18-14)16-8-10-1-2-10/h7,9-12H,1-6,8H2,(H,20,21)(H2,16,17,18,19). The molecular weight excluding hydrogens is 268 g/mol. The lowest BCUT2D eigenvalue weighted by Crippen LogP contribution is -2.29. The largest absolute Gasteiger partial charge is 0.481 e. The first kappa shape index (κ1) is 14.1. The summed E-state index contributed by atoms with van der Waals surface area (Å²) in [6.07, 6.45) is 7.44. The van der Waals surface area contributed by atoms with Crippen molar-refractivity contribution < 1.29 is 9.90 Å². The smallest absolute Gasteiger partial charge is 0.306 e. The van der Waals surface area contributed by atoms with Crippen LogP contribution >= 0.6 is 0 Å². The van der Waals surface area contributed by atoms with Gasteiger partial charge in [0.1, 0.15) is 18.0 Å². The molecule has 6 heteroatoms. The van der Waals surface area contributed by atoms with Crippen molar-refractivity contribution in [2.45, 2.75) is 44.6 Å². The number of carboxylic acids is 1. The molecule has 0 unspecified atom stereocenters. The number of hydrogen-bond acceptors (Lipinski definition) is 5. The van der Waals surface area contributed by atoms with Crippen molar-refractivity contribution in [2.75, 3.05) is 17.2 Å². The Kier molecular flexibility index (Phi) is 4.22. The maximum absolute atomic E-state index is 10.9. The van der Waals surface area contributed by atoms with Crippen LogP contribution in [0, 0.1) is 11.8 Å². The van der Waals surface area contributed by atoms with E-state index in [2.05, 4.69) is 20.6 Å². The number of anilines is 2. The molecule has 3 N–H and O–H groups in total. The molecule has 2 fully saturated rings. The summed E-state index contributed by atoms with van der Waals surface area (Å²) in [6, 6.07) is 2.25. The highest BCUT2D eigenvalue weighted by Crippen LogP contribution is 2.29. The van der Waals surface area contributed by atoms with E-state index < -0.39 is 5.97 Å². The van der Waals surface area contributed by atoms with Gasteiger partial charge in [-0.15, -0.1) is 0 Å². The van der Waals surface area contributed by atoms with Crippen LogP contribution in [0.3, 0.4) is 0 Å². The Labute approximate surface area is 124 Å². The van der Waals surface area contributed by atoms with E-state index in [0.717, 1.165) is 49.8 Å². The zero-order valence-electron chi connectivity index (χ0n) is 12.1. The van der Waals surface area contributed by atoms with Crippen LogP contribution in [-0.4, -0.2) is 33.6 Å². The van der Waals surface area contributed by atoms with Gasteiger partial charge in [-0.3, -0.25) is 4.79 Å². The maximum atomic E-state index is 10.9. The van der Waals surface area contributed by atoms with Crippen LogP contribution in [0.1, 0.15) is 38.5 Å². The van der Waals surface area contributed by atoms with E-state index in [1.54, 1.807) is 6.33 Å². The van der Waals surface area contributed by atoms with Gasteiger partial charge >= 0.3 is 5.97 Å². The lowest BCUT2D eigenvalue weighted by Gasteiger charge is -2.27. The van der Waals surface area contributed by atoms with Crippen LogP contribution in [0.15, 0.2) is 12.4 Å². The van der Waals surface area contributed by atoms with Crippen LogP contribution in [0.25, 0.3) is 0 Å². The summed E-state index contributed by atoms with van der Waals surface area (Å²) in [6.45, 7) is 0.986. The Morgan fingerprint density at radius 2 is 1.86 bits per heavy atom. The fraction of sp³-hybridized carbons (Fsp3) is 0.667. The first-order valence-corrected chi connectivity index (χ1v) is 7.76. The number of carbonyl (C=O) groups is 1. The van der Waals surface area contributed by atoms with E-state index in [-0.39, 0.29) is 5.92 Å². The van der Waals surface area contributed by atoms with E-state index in [4.69, 9.17) is 5.11 Å². The van der Waals surface area contributed by atoms with Gasteiger partial charge in [-0.05, 0) is 44.4 Å². The molecule has 21 heavy (non-hydrogen) atoms. The number of nitrogens with zero attached hydrogens (tertiary/aromatic N) is 2. The number of carboxylic acid groups (broad SMARTS) is 1. The lowest BCUT2D eigenvalue weighted by atomic mass is 9.86. The molecule has 114 valence electrons. The number of nitrogens with one attached hydrogen (secondary N) is 2. The molecule has 2 aliphatic rings. The third kappa shape index (κ3) is 4.06. The molecule has 1 aromatic heterocycles. The minimum absolute atomic E-state index is 0.177. The van der Waals surface area contributed by atoms with E-state index in [0.29, 0.717) is 6.04 Å². The van der Waals surface area contributed by atoms with Gasteiger partial charge in [-0.2, -0.15) is 0 Å². The minimum Gasteiger partial charge on any atom is -0.481 e. The summed E-state index contributed by atoms with van der Waals surface area (Å²) >= 11 is 0. The van der Waals surface area contributed by atoms with Crippen LogP contribution in [-0.2, 0) is 4.79 Å². The van der Waals surface area contributed by atoms with E-state index in [1.165, 1.54) is 12.8 Å². The first-order valence-electron chi connectivity index (χ1n) is 7.76. The summed E-state index contributed by atoms with van der Waals surface area (Å²) in [7, 11) is 0.